The molecular formula is C8H10N2O4. The van der Waals surface area contributed by atoms with Crippen LogP contribution < -0.4 is 4.74 Å². The van der Waals surface area contributed by atoms with Crippen LogP contribution in [0.1, 0.15) is 16.2 Å². The zero-order valence-electron chi connectivity index (χ0n) is 7.60. The van der Waals surface area contributed by atoms with Crippen LogP contribution in [0.25, 0.3) is 0 Å². The number of ether oxygens (including phenoxy) is 1. The molecule has 0 aliphatic rings. The van der Waals surface area contributed by atoms with Gasteiger partial charge < -0.3 is 14.9 Å². The summed E-state index contributed by atoms with van der Waals surface area (Å²) in [5, 5.41) is 17.3. The van der Waals surface area contributed by atoms with Gasteiger partial charge in [-0.2, -0.15) is 4.98 Å². The quantitative estimate of drug-likeness (QED) is 0.691. The highest BCUT2D eigenvalue weighted by molar-refractivity contribution is 5.89. The van der Waals surface area contributed by atoms with Gasteiger partial charge in [0.2, 0.25) is 5.88 Å². The molecule has 0 aliphatic carbocycles. The molecule has 0 saturated heterocycles. The van der Waals surface area contributed by atoms with Gasteiger partial charge in [-0.1, -0.05) is 0 Å². The van der Waals surface area contributed by atoms with Crippen LogP contribution in [-0.4, -0.2) is 39.9 Å². The van der Waals surface area contributed by atoms with Crippen molar-refractivity contribution in [2.75, 3.05) is 13.7 Å². The van der Waals surface area contributed by atoms with Gasteiger partial charge in [-0.25, -0.2) is 9.78 Å². The van der Waals surface area contributed by atoms with Gasteiger partial charge in [0.1, 0.15) is 11.4 Å². The fourth-order valence-corrected chi connectivity index (χ4v) is 0.923. The van der Waals surface area contributed by atoms with Crippen molar-refractivity contribution in [3.63, 3.8) is 0 Å². The van der Waals surface area contributed by atoms with E-state index in [9.17, 15) is 4.79 Å². The zero-order chi connectivity index (χ0) is 10.6. The molecule has 0 saturated carbocycles. The van der Waals surface area contributed by atoms with Gasteiger partial charge in [0.15, 0.2) is 0 Å². The lowest BCUT2D eigenvalue weighted by atomic mass is 10.3. The Kier molecular flexibility index (Phi) is 3.35. The number of rotatable bonds is 4. The molecule has 1 aromatic rings. The second kappa shape index (κ2) is 4.52. The van der Waals surface area contributed by atoms with E-state index < -0.39 is 5.97 Å². The Hall–Kier alpha value is -1.69. The molecule has 0 spiro atoms. The lowest BCUT2D eigenvalue weighted by Gasteiger charge is -2.04. The SMILES string of the molecule is COc1nc(CCO)ncc1C(=O)O. The van der Waals surface area contributed by atoms with Crippen molar-refractivity contribution < 1.29 is 19.7 Å². The van der Waals surface area contributed by atoms with Gasteiger partial charge in [0.25, 0.3) is 0 Å². The van der Waals surface area contributed by atoms with Crippen molar-refractivity contribution in [3.8, 4) is 5.88 Å². The number of aliphatic hydroxyl groups is 1. The smallest absolute Gasteiger partial charge is 0.342 e. The van der Waals surface area contributed by atoms with Crippen LogP contribution in [0.4, 0.5) is 0 Å². The van der Waals surface area contributed by atoms with Crippen LogP contribution >= 0.6 is 0 Å². The molecule has 0 unspecified atom stereocenters. The molecule has 0 fully saturated rings. The van der Waals surface area contributed by atoms with E-state index in [4.69, 9.17) is 14.9 Å². The molecule has 2 N–H and O–H groups in total. The monoisotopic (exact) mass is 198 g/mol. The fourth-order valence-electron chi connectivity index (χ4n) is 0.923. The van der Waals surface area contributed by atoms with E-state index in [1.165, 1.54) is 13.3 Å². The van der Waals surface area contributed by atoms with Crippen LogP contribution in [0.2, 0.25) is 0 Å². The van der Waals surface area contributed by atoms with E-state index in [1.807, 2.05) is 0 Å². The molecule has 0 atom stereocenters. The third-order valence-corrected chi connectivity index (χ3v) is 1.56. The highest BCUT2D eigenvalue weighted by Crippen LogP contribution is 2.13. The zero-order valence-corrected chi connectivity index (χ0v) is 7.60. The van der Waals surface area contributed by atoms with Crippen LogP contribution in [0.15, 0.2) is 6.20 Å². The summed E-state index contributed by atoms with van der Waals surface area (Å²) in [6.45, 7) is -0.0877. The normalized spacial score (nSPS) is 9.86. The maximum Gasteiger partial charge on any atom is 0.342 e. The van der Waals surface area contributed by atoms with E-state index in [0.717, 1.165) is 0 Å². The fraction of sp³-hybridized carbons (Fsp3) is 0.375. The van der Waals surface area contributed by atoms with Crippen molar-refractivity contribution in [2.24, 2.45) is 0 Å². The number of nitrogens with zero attached hydrogens (tertiary/aromatic N) is 2. The van der Waals surface area contributed by atoms with E-state index in [0.29, 0.717) is 5.82 Å². The highest BCUT2D eigenvalue weighted by atomic mass is 16.5. The van der Waals surface area contributed by atoms with E-state index >= 15 is 0 Å². The second-order valence-corrected chi connectivity index (χ2v) is 2.49. The molecule has 0 bridgehead atoms. The van der Waals surface area contributed by atoms with Crippen LogP contribution in [0.5, 0.6) is 5.88 Å². The lowest BCUT2D eigenvalue weighted by molar-refractivity contribution is 0.0692. The summed E-state index contributed by atoms with van der Waals surface area (Å²) in [6.07, 6.45) is 1.44. The average molecular weight is 198 g/mol. The summed E-state index contributed by atoms with van der Waals surface area (Å²) < 4.78 is 4.78. The third kappa shape index (κ3) is 2.17. The van der Waals surface area contributed by atoms with Gasteiger partial charge in [-0.05, 0) is 0 Å². The van der Waals surface area contributed by atoms with Crippen LogP contribution in [-0.2, 0) is 6.42 Å². The van der Waals surface area contributed by atoms with Gasteiger partial charge in [-0.15, -0.1) is 0 Å². The highest BCUT2D eigenvalue weighted by Gasteiger charge is 2.13. The number of aliphatic hydroxyl groups excluding tert-OH is 1. The first-order chi connectivity index (χ1) is 6.69. The molecule has 1 aromatic heterocycles. The molecule has 76 valence electrons. The molecule has 1 rings (SSSR count). The van der Waals surface area contributed by atoms with Crippen LogP contribution in [0, 0.1) is 0 Å². The summed E-state index contributed by atoms with van der Waals surface area (Å²) in [4.78, 5) is 18.2. The van der Waals surface area contributed by atoms with Crippen LogP contribution in [0.3, 0.4) is 0 Å². The summed E-state index contributed by atoms with van der Waals surface area (Å²) in [5.74, 6) is -0.775. The number of carboxylic acids is 1. The Bertz CT molecular complexity index is 340. The molecular weight excluding hydrogens is 188 g/mol. The van der Waals surface area contributed by atoms with Crippen molar-refractivity contribution >= 4 is 5.97 Å². The summed E-state index contributed by atoms with van der Waals surface area (Å²) in [5.41, 5.74) is -0.0887. The number of methoxy groups -OCH3 is 1. The lowest BCUT2D eigenvalue weighted by Crippen LogP contribution is -2.07. The Morgan fingerprint density at radius 2 is 2.36 bits per heavy atom. The summed E-state index contributed by atoms with van der Waals surface area (Å²) >= 11 is 0. The number of aromatic nitrogens is 2. The maximum absolute atomic E-state index is 10.6. The Morgan fingerprint density at radius 3 is 2.86 bits per heavy atom. The van der Waals surface area contributed by atoms with Gasteiger partial charge >= 0.3 is 5.97 Å². The maximum atomic E-state index is 10.6. The van der Waals surface area contributed by atoms with E-state index in [2.05, 4.69) is 9.97 Å². The van der Waals surface area contributed by atoms with Crippen molar-refractivity contribution in [1.82, 2.24) is 9.97 Å². The third-order valence-electron chi connectivity index (χ3n) is 1.56. The standard InChI is InChI=1S/C8H10N2O4/c1-14-7-5(8(12)13)4-9-6(10-7)2-3-11/h4,11H,2-3H2,1H3,(H,12,13). The molecule has 0 radical (unpaired) electrons. The number of carbonyl (C=O) groups is 1. The first kappa shape index (κ1) is 10.4. The molecule has 6 heteroatoms. The molecule has 0 aromatic carbocycles. The van der Waals surface area contributed by atoms with Gasteiger partial charge in [0.05, 0.1) is 13.7 Å². The predicted molar refractivity (Wildman–Crippen MR) is 46.3 cm³/mol. The first-order valence-electron chi connectivity index (χ1n) is 3.93. The molecule has 0 aliphatic heterocycles. The average Bonchev–Trinajstić information content (AvgIpc) is 2.17. The van der Waals surface area contributed by atoms with Crippen molar-refractivity contribution in [3.05, 3.63) is 17.6 Å². The van der Waals surface area contributed by atoms with E-state index in [1.54, 1.807) is 0 Å². The minimum atomic E-state index is -1.14. The topological polar surface area (TPSA) is 92.5 Å². The molecule has 14 heavy (non-hydrogen) atoms. The molecule has 6 nitrogen and oxygen atoms in total. The largest absolute Gasteiger partial charge is 0.480 e. The number of hydrogen-bond donors (Lipinski definition) is 2. The first-order valence-corrected chi connectivity index (χ1v) is 3.93. The Morgan fingerprint density at radius 1 is 1.64 bits per heavy atom. The summed E-state index contributed by atoms with van der Waals surface area (Å²) in [6, 6.07) is 0. The summed E-state index contributed by atoms with van der Waals surface area (Å²) in [7, 11) is 1.33. The van der Waals surface area contributed by atoms with Gasteiger partial charge in [-0.3, -0.25) is 0 Å². The number of aromatic carboxylic acids is 1. The minimum Gasteiger partial charge on any atom is -0.480 e. The second-order valence-electron chi connectivity index (χ2n) is 2.49. The van der Waals surface area contributed by atoms with Gasteiger partial charge in [0, 0.05) is 12.6 Å². The number of hydrogen-bond acceptors (Lipinski definition) is 5. The Balaban J connectivity index is 3.05. The van der Waals surface area contributed by atoms with Crippen molar-refractivity contribution in [1.29, 1.82) is 0 Å². The molecule has 0 amide bonds. The minimum absolute atomic E-state index is 0.0101. The molecule has 1 heterocycles. The Labute approximate surface area is 80.2 Å². The van der Waals surface area contributed by atoms with Crippen molar-refractivity contribution in [2.45, 2.75) is 6.42 Å². The van der Waals surface area contributed by atoms with E-state index in [-0.39, 0.29) is 24.5 Å². The number of carboxylic acid groups (broad SMARTS) is 1. The predicted octanol–water partition coefficient (Wildman–Crippen LogP) is -0.282.